The Bertz CT molecular complexity index is 698. The van der Waals surface area contributed by atoms with E-state index in [1.54, 1.807) is 12.1 Å². The number of hydrogen-bond acceptors (Lipinski definition) is 2. The number of alkyl halides is 3. The average Bonchev–Trinajstić information content (AvgIpc) is 2.36. The smallest absolute Gasteiger partial charge is 0.355 e. The number of nitrogens with zero attached hydrogens (tertiary/aromatic N) is 1. The molecule has 2 nitrogen and oxygen atoms in total. The van der Waals surface area contributed by atoms with Crippen LogP contribution < -0.4 is 5.32 Å². The van der Waals surface area contributed by atoms with Crippen LogP contribution in [0.1, 0.15) is 16.7 Å². The van der Waals surface area contributed by atoms with Gasteiger partial charge in [-0.25, -0.2) is 0 Å². The first kappa shape index (κ1) is 15.4. The molecule has 0 fully saturated rings. The lowest BCUT2D eigenvalue weighted by molar-refractivity contribution is -0.137. The molecule has 0 aliphatic heterocycles. The number of aryl methyl sites for hydroxylation is 1. The molecule has 0 aromatic heterocycles. The summed E-state index contributed by atoms with van der Waals surface area (Å²) in [6, 6.07) is 10.6. The van der Waals surface area contributed by atoms with Crippen LogP contribution in [-0.4, -0.2) is 0 Å². The van der Waals surface area contributed by atoms with Crippen molar-refractivity contribution in [2.75, 3.05) is 5.32 Å². The summed E-state index contributed by atoms with van der Waals surface area (Å²) in [5.41, 5.74) is 0.579. The predicted octanol–water partition coefficient (Wildman–Crippen LogP) is 5.39. The highest BCUT2D eigenvalue weighted by molar-refractivity contribution is 9.10. The Morgan fingerprint density at radius 2 is 1.81 bits per heavy atom. The Labute approximate surface area is 128 Å². The van der Waals surface area contributed by atoms with Gasteiger partial charge >= 0.3 is 6.18 Å². The molecule has 21 heavy (non-hydrogen) atoms. The van der Waals surface area contributed by atoms with E-state index in [1.165, 1.54) is 6.07 Å². The second kappa shape index (κ2) is 5.78. The maximum Gasteiger partial charge on any atom is 0.417 e. The van der Waals surface area contributed by atoms with E-state index in [-0.39, 0.29) is 5.69 Å². The van der Waals surface area contributed by atoms with Crippen molar-refractivity contribution < 1.29 is 13.2 Å². The predicted molar refractivity (Wildman–Crippen MR) is 78.3 cm³/mol. The van der Waals surface area contributed by atoms with Crippen LogP contribution in [-0.2, 0) is 6.18 Å². The lowest BCUT2D eigenvalue weighted by atomic mass is 10.1. The third kappa shape index (κ3) is 3.76. The van der Waals surface area contributed by atoms with Crippen molar-refractivity contribution in [1.82, 2.24) is 0 Å². The van der Waals surface area contributed by atoms with Crippen molar-refractivity contribution in [3.05, 3.63) is 57.6 Å². The van der Waals surface area contributed by atoms with Gasteiger partial charge in [-0.2, -0.15) is 18.4 Å². The van der Waals surface area contributed by atoms with Gasteiger partial charge in [-0.3, -0.25) is 0 Å². The maximum absolute atomic E-state index is 12.9. The summed E-state index contributed by atoms with van der Waals surface area (Å²) in [5, 5.41) is 11.7. The topological polar surface area (TPSA) is 35.8 Å². The van der Waals surface area contributed by atoms with Crippen LogP contribution in [0, 0.1) is 18.3 Å². The molecule has 1 N–H and O–H groups in total. The van der Waals surface area contributed by atoms with Crippen LogP contribution in [0.3, 0.4) is 0 Å². The van der Waals surface area contributed by atoms with Crippen LogP contribution in [0.15, 0.2) is 40.9 Å². The van der Waals surface area contributed by atoms with Gasteiger partial charge in [0, 0.05) is 15.8 Å². The van der Waals surface area contributed by atoms with Gasteiger partial charge in [0.25, 0.3) is 0 Å². The minimum Gasteiger partial charge on any atom is -0.355 e. The molecule has 0 amide bonds. The quantitative estimate of drug-likeness (QED) is 0.784. The molecule has 0 saturated carbocycles. The van der Waals surface area contributed by atoms with Crippen LogP contribution in [0.25, 0.3) is 0 Å². The van der Waals surface area contributed by atoms with Crippen molar-refractivity contribution in [2.45, 2.75) is 13.1 Å². The van der Waals surface area contributed by atoms with Crippen molar-refractivity contribution in [1.29, 1.82) is 5.26 Å². The fourth-order valence-corrected chi connectivity index (χ4v) is 2.54. The van der Waals surface area contributed by atoms with Gasteiger partial charge < -0.3 is 5.32 Å². The van der Waals surface area contributed by atoms with E-state index >= 15 is 0 Å². The Morgan fingerprint density at radius 1 is 1.10 bits per heavy atom. The van der Waals surface area contributed by atoms with Crippen molar-refractivity contribution >= 4 is 27.3 Å². The molecule has 2 rings (SSSR count). The van der Waals surface area contributed by atoms with Crippen molar-refractivity contribution in [2.24, 2.45) is 0 Å². The normalized spacial score (nSPS) is 11.0. The second-order valence-corrected chi connectivity index (χ2v) is 5.43. The molecule has 0 aliphatic carbocycles. The minimum atomic E-state index is -4.56. The largest absolute Gasteiger partial charge is 0.417 e. The number of hydrogen-bond donors (Lipinski definition) is 1. The summed E-state index contributed by atoms with van der Waals surface area (Å²) in [6.07, 6.45) is -4.56. The summed E-state index contributed by atoms with van der Waals surface area (Å²) in [7, 11) is 0. The zero-order valence-corrected chi connectivity index (χ0v) is 12.5. The molecule has 0 saturated heterocycles. The Kier molecular flexibility index (Phi) is 4.24. The average molecular weight is 355 g/mol. The Morgan fingerprint density at radius 3 is 2.38 bits per heavy atom. The summed E-state index contributed by atoms with van der Waals surface area (Å²) in [6.45, 7) is 1.88. The fourth-order valence-electron chi connectivity index (χ4n) is 1.93. The van der Waals surface area contributed by atoms with Gasteiger partial charge in [0.1, 0.15) is 0 Å². The Balaban J connectivity index is 2.40. The first-order chi connectivity index (χ1) is 9.79. The number of nitrogens with one attached hydrogen (secondary N) is 1. The Hall–Kier alpha value is -2.00. The van der Waals surface area contributed by atoms with E-state index in [4.69, 9.17) is 5.26 Å². The lowest BCUT2D eigenvalue weighted by Gasteiger charge is -2.13. The molecule has 6 heteroatoms. The highest BCUT2D eigenvalue weighted by atomic mass is 79.9. The molecular formula is C15H10BrF3N2. The van der Waals surface area contributed by atoms with Crippen molar-refractivity contribution in [3.63, 3.8) is 0 Å². The second-order valence-electron chi connectivity index (χ2n) is 4.51. The lowest BCUT2D eigenvalue weighted by Crippen LogP contribution is -2.08. The minimum absolute atomic E-state index is 0.277. The molecular weight excluding hydrogens is 345 g/mol. The highest BCUT2D eigenvalue weighted by Gasteiger charge is 2.33. The van der Waals surface area contributed by atoms with E-state index < -0.39 is 17.3 Å². The van der Waals surface area contributed by atoms with E-state index in [2.05, 4.69) is 21.2 Å². The zero-order chi connectivity index (χ0) is 15.6. The number of nitriles is 1. The van der Waals surface area contributed by atoms with Gasteiger partial charge in [0.2, 0.25) is 0 Å². The molecule has 2 aromatic rings. The van der Waals surface area contributed by atoms with E-state index in [1.807, 2.05) is 19.1 Å². The zero-order valence-electron chi connectivity index (χ0n) is 10.9. The van der Waals surface area contributed by atoms with Crippen LogP contribution >= 0.6 is 15.9 Å². The maximum atomic E-state index is 12.9. The fraction of sp³-hybridized carbons (Fsp3) is 0.133. The van der Waals surface area contributed by atoms with Crippen LogP contribution in [0.5, 0.6) is 0 Å². The third-order valence-corrected chi connectivity index (χ3v) is 3.23. The number of benzene rings is 2. The monoisotopic (exact) mass is 354 g/mol. The summed E-state index contributed by atoms with van der Waals surface area (Å²) in [4.78, 5) is 0. The van der Waals surface area contributed by atoms with Crippen molar-refractivity contribution in [3.8, 4) is 6.07 Å². The third-order valence-electron chi connectivity index (χ3n) is 2.78. The molecule has 108 valence electrons. The van der Waals surface area contributed by atoms with Gasteiger partial charge in [-0.15, -0.1) is 0 Å². The van der Waals surface area contributed by atoms with Crippen LogP contribution in [0.2, 0.25) is 0 Å². The number of halogens is 4. The van der Waals surface area contributed by atoms with Gasteiger partial charge in [-0.1, -0.05) is 15.9 Å². The van der Waals surface area contributed by atoms with Gasteiger partial charge in [-0.05, 0) is 48.9 Å². The standard InChI is InChI=1S/C15H10BrF3N2/c1-9-4-11(16)6-13(5-9)21-12-3-2-10(8-20)14(7-12)15(17,18)19/h2-7,21H,1H3. The molecule has 0 unspecified atom stereocenters. The first-order valence-corrected chi connectivity index (χ1v) is 6.74. The summed E-state index contributed by atoms with van der Waals surface area (Å²) >= 11 is 3.33. The van der Waals surface area contributed by atoms with Crippen LogP contribution in [0.4, 0.5) is 24.5 Å². The molecule has 0 bridgehead atoms. The highest BCUT2D eigenvalue weighted by Crippen LogP contribution is 2.34. The SMILES string of the molecule is Cc1cc(Br)cc(Nc2ccc(C#N)c(C(F)(F)F)c2)c1. The van der Waals surface area contributed by atoms with Gasteiger partial charge in [0.05, 0.1) is 17.2 Å². The summed E-state index contributed by atoms with van der Waals surface area (Å²) in [5.74, 6) is 0. The molecule has 0 spiro atoms. The first-order valence-electron chi connectivity index (χ1n) is 5.95. The summed E-state index contributed by atoms with van der Waals surface area (Å²) < 4.78 is 39.5. The van der Waals surface area contributed by atoms with E-state index in [0.717, 1.165) is 22.2 Å². The number of rotatable bonds is 2. The molecule has 0 aliphatic rings. The molecule has 0 heterocycles. The number of anilines is 2. The molecule has 0 radical (unpaired) electrons. The molecule has 0 atom stereocenters. The molecule has 2 aromatic carbocycles. The van der Waals surface area contributed by atoms with E-state index in [0.29, 0.717) is 5.69 Å². The van der Waals surface area contributed by atoms with Gasteiger partial charge in [0.15, 0.2) is 0 Å². The van der Waals surface area contributed by atoms with E-state index in [9.17, 15) is 13.2 Å².